The van der Waals surface area contributed by atoms with E-state index < -0.39 is 0 Å². The number of morpholine rings is 1. The number of ether oxygens (including phenoxy) is 1. The third-order valence-corrected chi connectivity index (χ3v) is 3.41. The first-order valence-electron chi connectivity index (χ1n) is 5.16. The molecule has 1 aromatic rings. The van der Waals surface area contributed by atoms with Gasteiger partial charge in [-0.1, -0.05) is 6.07 Å². The summed E-state index contributed by atoms with van der Waals surface area (Å²) in [6, 6.07) is 7.38. The number of carbonyl (C=O) groups excluding carboxylic acids is 1. The Morgan fingerprint density at radius 3 is 2.81 bits per heavy atom. The highest BCUT2D eigenvalue weighted by molar-refractivity contribution is 7.97. The minimum absolute atomic E-state index is 0.385. The maximum Gasteiger partial charge on any atom is 0.248 e. The minimum atomic E-state index is -0.385. The van der Waals surface area contributed by atoms with Crippen LogP contribution >= 0.6 is 11.9 Å². The van der Waals surface area contributed by atoms with Gasteiger partial charge in [0.25, 0.3) is 0 Å². The summed E-state index contributed by atoms with van der Waals surface area (Å²) in [6.45, 7) is 3.35. The lowest BCUT2D eigenvalue weighted by Crippen LogP contribution is -2.30. The lowest BCUT2D eigenvalue weighted by Gasteiger charge is -2.25. The van der Waals surface area contributed by atoms with Crippen LogP contribution in [0.5, 0.6) is 0 Å². The highest BCUT2D eigenvalue weighted by Gasteiger charge is 2.12. The molecule has 1 aliphatic rings. The predicted octanol–water partition coefficient (Wildman–Crippen LogP) is 1.12. The van der Waals surface area contributed by atoms with Crippen LogP contribution in [0.4, 0.5) is 0 Å². The molecule has 0 bridgehead atoms. The topological polar surface area (TPSA) is 55.6 Å². The zero-order valence-electron chi connectivity index (χ0n) is 8.89. The van der Waals surface area contributed by atoms with Gasteiger partial charge in [-0.05, 0) is 30.1 Å². The van der Waals surface area contributed by atoms with Gasteiger partial charge in [0.2, 0.25) is 5.91 Å². The Labute approximate surface area is 98.9 Å². The van der Waals surface area contributed by atoms with E-state index in [-0.39, 0.29) is 5.91 Å². The van der Waals surface area contributed by atoms with Crippen molar-refractivity contribution in [1.29, 1.82) is 0 Å². The van der Waals surface area contributed by atoms with Crippen LogP contribution in [0, 0.1) is 0 Å². The Morgan fingerprint density at radius 1 is 1.38 bits per heavy atom. The van der Waals surface area contributed by atoms with Crippen LogP contribution in [0.2, 0.25) is 0 Å². The van der Waals surface area contributed by atoms with Gasteiger partial charge in [-0.2, -0.15) is 0 Å². The highest BCUT2D eigenvalue weighted by Crippen LogP contribution is 2.23. The summed E-state index contributed by atoms with van der Waals surface area (Å²) in [4.78, 5) is 12.1. The van der Waals surface area contributed by atoms with Gasteiger partial charge in [-0.15, -0.1) is 0 Å². The zero-order valence-corrected chi connectivity index (χ0v) is 9.70. The molecular formula is C11H14N2O2S. The van der Waals surface area contributed by atoms with Crippen molar-refractivity contribution >= 4 is 17.9 Å². The van der Waals surface area contributed by atoms with Crippen LogP contribution in [0.15, 0.2) is 29.2 Å². The minimum Gasteiger partial charge on any atom is -0.379 e. The van der Waals surface area contributed by atoms with Crippen molar-refractivity contribution in [1.82, 2.24) is 4.31 Å². The van der Waals surface area contributed by atoms with Crippen LogP contribution in [0.25, 0.3) is 0 Å². The second-order valence-corrected chi connectivity index (χ2v) is 4.70. The molecule has 0 atom stereocenters. The van der Waals surface area contributed by atoms with Gasteiger partial charge in [-0.3, -0.25) is 4.79 Å². The molecule has 1 heterocycles. The Hall–Kier alpha value is -1.04. The first-order valence-corrected chi connectivity index (χ1v) is 5.93. The van der Waals surface area contributed by atoms with Crippen LogP contribution in [0.1, 0.15) is 10.4 Å². The SMILES string of the molecule is NC(=O)c1cccc(SN2CCOCC2)c1. The third-order valence-electron chi connectivity index (χ3n) is 2.32. The standard InChI is InChI=1S/C11H14N2O2S/c12-11(14)9-2-1-3-10(8-9)16-13-4-6-15-7-5-13/h1-3,8H,4-7H2,(H2,12,14). The molecule has 4 nitrogen and oxygen atoms in total. The third kappa shape index (κ3) is 2.98. The highest BCUT2D eigenvalue weighted by atomic mass is 32.2. The second-order valence-electron chi connectivity index (χ2n) is 3.52. The predicted molar refractivity (Wildman–Crippen MR) is 63.2 cm³/mol. The number of primary amides is 1. The van der Waals surface area contributed by atoms with Gasteiger partial charge in [0.05, 0.1) is 13.2 Å². The molecule has 1 aromatic carbocycles. The largest absolute Gasteiger partial charge is 0.379 e. The number of hydrogen-bond acceptors (Lipinski definition) is 4. The molecule has 0 saturated carbocycles. The maximum atomic E-state index is 11.0. The molecule has 1 amide bonds. The molecule has 86 valence electrons. The Kier molecular flexibility index (Phi) is 3.82. The summed E-state index contributed by atoms with van der Waals surface area (Å²) in [7, 11) is 0. The van der Waals surface area contributed by atoms with Gasteiger partial charge >= 0.3 is 0 Å². The molecule has 1 fully saturated rings. The van der Waals surface area contributed by atoms with Crippen molar-refractivity contribution in [2.75, 3.05) is 26.3 Å². The molecule has 1 saturated heterocycles. The van der Waals surface area contributed by atoms with Crippen LogP contribution < -0.4 is 5.73 Å². The summed E-state index contributed by atoms with van der Waals surface area (Å²) < 4.78 is 7.50. The average Bonchev–Trinajstić information content (AvgIpc) is 2.30. The van der Waals surface area contributed by atoms with Crippen molar-refractivity contribution in [3.8, 4) is 0 Å². The van der Waals surface area contributed by atoms with Gasteiger partial charge in [0, 0.05) is 23.5 Å². The number of rotatable bonds is 3. The van der Waals surface area contributed by atoms with E-state index in [1.807, 2.05) is 18.2 Å². The fourth-order valence-electron chi connectivity index (χ4n) is 1.49. The number of nitrogens with zero attached hydrogens (tertiary/aromatic N) is 1. The van der Waals surface area contributed by atoms with E-state index in [0.29, 0.717) is 5.56 Å². The monoisotopic (exact) mass is 238 g/mol. The first kappa shape index (κ1) is 11.4. The van der Waals surface area contributed by atoms with Crippen LogP contribution in [0.3, 0.4) is 0 Å². The molecule has 1 aliphatic heterocycles. The molecule has 0 spiro atoms. The average molecular weight is 238 g/mol. The number of amides is 1. The molecule has 5 heteroatoms. The van der Waals surface area contributed by atoms with E-state index in [9.17, 15) is 4.79 Å². The van der Waals surface area contributed by atoms with Crippen molar-refractivity contribution in [2.45, 2.75) is 4.90 Å². The second kappa shape index (κ2) is 5.34. The molecule has 2 rings (SSSR count). The fourth-order valence-corrected chi connectivity index (χ4v) is 2.44. The van der Waals surface area contributed by atoms with Crippen molar-refractivity contribution in [3.63, 3.8) is 0 Å². The summed E-state index contributed by atoms with van der Waals surface area (Å²) in [6.07, 6.45) is 0. The molecule has 0 radical (unpaired) electrons. The van der Waals surface area contributed by atoms with Crippen molar-refractivity contribution in [2.24, 2.45) is 5.73 Å². The van der Waals surface area contributed by atoms with E-state index in [1.54, 1.807) is 18.0 Å². The van der Waals surface area contributed by atoms with E-state index in [4.69, 9.17) is 10.5 Å². The van der Waals surface area contributed by atoms with Crippen molar-refractivity contribution in [3.05, 3.63) is 29.8 Å². The smallest absolute Gasteiger partial charge is 0.248 e. The Balaban J connectivity index is 2.02. The summed E-state index contributed by atoms with van der Waals surface area (Å²) in [5.74, 6) is -0.385. The molecule has 0 unspecified atom stereocenters. The molecule has 16 heavy (non-hydrogen) atoms. The van der Waals surface area contributed by atoms with Gasteiger partial charge in [0.15, 0.2) is 0 Å². The number of nitrogens with two attached hydrogens (primary N) is 1. The molecule has 0 aromatic heterocycles. The molecule has 2 N–H and O–H groups in total. The van der Waals surface area contributed by atoms with E-state index in [0.717, 1.165) is 31.2 Å². The first-order chi connectivity index (χ1) is 7.75. The van der Waals surface area contributed by atoms with E-state index in [1.165, 1.54) is 0 Å². The zero-order chi connectivity index (χ0) is 11.4. The number of benzene rings is 1. The quantitative estimate of drug-likeness (QED) is 0.802. The van der Waals surface area contributed by atoms with E-state index >= 15 is 0 Å². The summed E-state index contributed by atoms with van der Waals surface area (Å²) >= 11 is 1.64. The van der Waals surface area contributed by atoms with Crippen molar-refractivity contribution < 1.29 is 9.53 Å². The van der Waals surface area contributed by atoms with Gasteiger partial charge in [-0.25, -0.2) is 4.31 Å². The fraction of sp³-hybridized carbons (Fsp3) is 0.364. The van der Waals surface area contributed by atoms with Crippen LogP contribution in [-0.2, 0) is 4.74 Å². The van der Waals surface area contributed by atoms with Crippen LogP contribution in [-0.4, -0.2) is 36.5 Å². The Morgan fingerprint density at radius 2 is 2.12 bits per heavy atom. The maximum absolute atomic E-state index is 11.0. The molecule has 0 aliphatic carbocycles. The van der Waals surface area contributed by atoms with Gasteiger partial charge < -0.3 is 10.5 Å². The molecular weight excluding hydrogens is 224 g/mol. The number of hydrogen-bond donors (Lipinski definition) is 1. The number of carbonyl (C=O) groups is 1. The Bertz CT molecular complexity index is 378. The summed E-state index contributed by atoms with van der Waals surface area (Å²) in [5, 5.41) is 0. The summed E-state index contributed by atoms with van der Waals surface area (Å²) in [5.41, 5.74) is 5.79. The van der Waals surface area contributed by atoms with Gasteiger partial charge in [0.1, 0.15) is 0 Å². The normalized spacial score (nSPS) is 17.2. The lowest BCUT2D eigenvalue weighted by molar-refractivity contribution is 0.0773. The lowest BCUT2D eigenvalue weighted by atomic mass is 10.2. The van der Waals surface area contributed by atoms with E-state index in [2.05, 4.69) is 4.31 Å².